The highest BCUT2D eigenvalue weighted by atomic mass is 79.9. The van der Waals surface area contributed by atoms with Gasteiger partial charge in [0.15, 0.2) is 0 Å². The van der Waals surface area contributed by atoms with Crippen LogP contribution in [0.5, 0.6) is 0 Å². The van der Waals surface area contributed by atoms with Gasteiger partial charge in [-0.3, -0.25) is 9.69 Å². The molecule has 2 aromatic rings. The number of rotatable bonds is 4. The Morgan fingerprint density at radius 1 is 1.08 bits per heavy atom. The lowest BCUT2D eigenvalue weighted by Crippen LogP contribution is -2.39. The van der Waals surface area contributed by atoms with E-state index in [2.05, 4.69) is 70.2 Å². The second kappa shape index (κ2) is 7.49. The molecule has 0 saturated carbocycles. The number of carbonyl (C=O) groups is 1. The predicted octanol–water partition coefficient (Wildman–Crippen LogP) is 4.64. The number of carboxylic acids is 1. The molecule has 0 spiro atoms. The third kappa shape index (κ3) is 3.55. The average Bonchev–Trinajstić information content (AvgIpc) is 2.59. The molecular formula is C20H22BrNO2. The van der Waals surface area contributed by atoms with E-state index in [-0.39, 0.29) is 12.0 Å². The van der Waals surface area contributed by atoms with Gasteiger partial charge in [-0.15, -0.1) is 0 Å². The molecular weight excluding hydrogens is 366 g/mol. The van der Waals surface area contributed by atoms with Gasteiger partial charge in [0.1, 0.15) is 0 Å². The van der Waals surface area contributed by atoms with E-state index >= 15 is 0 Å². The molecule has 1 atom stereocenters. The van der Waals surface area contributed by atoms with Crippen LogP contribution in [-0.4, -0.2) is 29.1 Å². The third-order valence-corrected chi connectivity index (χ3v) is 5.65. The first kappa shape index (κ1) is 17.2. The minimum atomic E-state index is -0.664. The van der Waals surface area contributed by atoms with Crippen LogP contribution < -0.4 is 0 Å². The van der Waals surface area contributed by atoms with E-state index in [9.17, 15) is 9.90 Å². The summed E-state index contributed by atoms with van der Waals surface area (Å²) < 4.78 is 1.10. The van der Waals surface area contributed by atoms with Gasteiger partial charge in [-0.1, -0.05) is 58.4 Å². The van der Waals surface area contributed by atoms with Crippen molar-refractivity contribution in [1.29, 1.82) is 0 Å². The van der Waals surface area contributed by atoms with Crippen molar-refractivity contribution in [1.82, 2.24) is 4.90 Å². The topological polar surface area (TPSA) is 40.5 Å². The van der Waals surface area contributed by atoms with Crippen LogP contribution in [0, 0.1) is 12.8 Å². The highest BCUT2D eigenvalue weighted by Crippen LogP contribution is 2.37. The molecule has 1 saturated heterocycles. The fraction of sp³-hybridized carbons (Fsp3) is 0.350. The minimum Gasteiger partial charge on any atom is -0.481 e. The summed E-state index contributed by atoms with van der Waals surface area (Å²) in [4.78, 5) is 13.7. The van der Waals surface area contributed by atoms with Crippen LogP contribution in [0.15, 0.2) is 53.0 Å². The van der Waals surface area contributed by atoms with Gasteiger partial charge in [-0.25, -0.2) is 0 Å². The van der Waals surface area contributed by atoms with E-state index in [0.29, 0.717) is 12.8 Å². The molecule has 4 heteroatoms. The van der Waals surface area contributed by atoms with Crippen molar-refractivity contribution in [3.05, 3.63) is 69.7 Å². The second-order valence-corrected chi connectivity index (χ2v) is 7.28. The number of hydrogen-bond acceptors (Lipinski definition) is 2. The molecule has 0 radical (unpaired) electrons. The predicted molar refractivity (Wildman–Crippen MR) is 99.1 cm³/mol. The SMILES string of the molecule is Cc1ccccc1C(c1ccccc1Br)N1CCC(C(=O)O)CC1. The molecule has 0 aromatic heterocycles. The first-order valence-corrected chi connectivity index (χ1v) is 9.14. The van der Waals surface area contributed by atoms with Crippen LogP contribution in [0.3, 0.4) is 0 Å². The summed E-state index contributed by atoms with van der Waals surface area (Å²) in [6.45, 7) is 3.75. The molecule has 1 unspecified atom stereocenters. The van der Waals surface area contributed by atoms with E-state index in [4.69, 9.17) is 0 Å². The van der Waals surface area contributed by atoms with Crippen LogP contribution >= 0.6 is 15.9 Å². The molecule has 1 aliphatic heterocycles. The molecule has 1 aliphatic rings. The standard InChI is InChI=1S/C20H22BrNO2/c1-14-6-2-3-7-16(14)19(17-8-4-5-9-18(17)21)22-12-10-15(11-13-22)20(23)24/h2-9,15,19H,10-13H2,1H3,(H,23,24). The Kier molecular flexibility index (Phi) is 5.36. The van der Waals surface area contributed by atoms with Crippen LogP contribution in [-0.2, 0) is 4.79 Å². The number of aryl methyl sites for hydroxylation is 1. The van der Waals surface area contributed by atoms with Gasteiger partial charge in [0.05, 0.1) is 12.0 Å². The lowest BCUT2D eigenvalue weighted by Gasteiger charge is -2.38. The zero-order valence-electron chi connectivity index (χ0n) is 13.8. The highest BCUT2D eigenvalue weighted by Gasteiger charge is 2.31. The molecule has 1 fully saturated rings. The van der Waals surface area contributed by atoms with Gasteiger partial charge in [0.25, 0.3) is 0 Å². The minimum absolute atomic E-state index is 0.150. The highest BCUT2D eigenvalue weighted by molar-refractivity contribution is 9.10. The number of aliphatic carboxylic acids is 1. The van der Waals surface area contributed by atoms with Crippen molar-refractivity contribution in [2.75, 3.05) is 13.1 Å². The normalized spacial score (nSPS) is 17.6. The van der Waals surface area contributed by atoms with E-state index in [0.717, 1.165) is 17.6 Å². The third-order valence-electron chi connectivity index (χ3n) is 4.93. The number of likely N-dealkylation sites (tertiary alicyclic amines) is 1. The smallest absolute Gasteiger partial charge is 0.306 e. The van der Waals surface area contributed by atoms with Crippen LogP contribution in [0.4, 0.5) is 0 Å². The van der Waals surface area contributed by atoms with E-state index in [1.807, 2.05) is 6.07 Å². The number of nitrogens with zero attached hydrogens (tertiary/aromatic N) is 1. The summed E-state index contributed by atoms with van der Waals surface area (Å²) >= 11 is 3.70. The number of halogens is 1. The number of benzene rings is 2. The molecule has 0 amide bonds. The second-order valence-electron chi connectivity index (χ2n) is 6.43. The number of piperidine rings is 1. The van der Waals surface area contributed by atoms with Crippen molar-refractivity contribution < 1.29 is 9.90 Å². The molecule has 3 rings (SSSR count). The molecule has 24 heavy (non-hydrogen) atoms. The quantitative estimate of drug-likeness (QED) is 0.830. The monoisotopic (exact) mass is 387 g/mol. The van der Waals surface area contributed by atoms with Gasteiger partial charge in [-0.05, 0) is 55.6 Å². The fourth-order valence-corrected chi connectivity index (χ4v) is 4.06. The Hall–Kier alpha value is -1.65. The zero-order valence-corrected chi connectivity index (χ0v) is 15.4. The first-order valence-electron chi connectivity index (χ1n) is 8.34. The Labute approximate surface area is 151 Å². The van der Waals surface area contributed by atoms with Crippen LogP contribution in [0.2, 0.25) is 0 Å². The van der Waals surface area contributed by atoms with Crippen LogP contribution in [0.25, 0.3) is 0 Å². The Bertz CT molecular complexity index is 678. The molecule has 1 heterocycles. The molecule has 0 bridgehead atoms. The summed E-state index contributed by atoms with van der Waals surface area (Å²) in [6.07, 6.45) is 1.42. The summed E-state index contributed by atoms with van der Waals surface area (Å²) in [5, 5.41) is 9.26. The van der Waals surface area contributed by atoms with Crippen molar-refractivity contribution >= 4 is 21.9 Å². The van der Waals surface area contributed by atoms with E-state index in [1.54, 1.807) is 0 Å². The van der Waals surface area contributed by atoms with Gasteiger partial charge in [-0.2, -0.15) is 0 Å². The van der Waals surface area contributed by atoms with Crippen molar-refractivity contribution in [3.63, 3.8) is 0 Å². The zero-order chi connectivity index (χ0) is 17.1. The largest absolute Gasteiger partial charge is 0.481 e. The lowest BCUT2D eigenvalue weighted by molar-refractivity contribution is -0.143. The van der Waals surface area contributed by atoms with Crippen LogP contribution in [0.1, 0.15) is 35.6 Å². The number of hydrogen-bond donors (Lipinski definition) is 1. The van der Waals surface area contributed by atoms with Gasteiger partial charge in [0.2, 0.25) is 0 Å². The Morgan fingerprint density at radius 3 is 2.25 bits per heavy atom. The Morgan fingerprint density at radius 2 is 1.67 bits per heavy atom. The summed E-state index contributed by atoms with van der Waals surface area (Å²) in [5.41, 5.74) is 3.79. The molecule has 0 aliphatic carbocycles. The summed E-state index contributed by atoms with van der Waals surface area (Å²) in [5.74, 6) is -0.874. The number of carboxylic acid groups (broad SMARTS) is 1. The lowest BCUT2D eigenvalue weighted by atomic mass is 9.89. The van der Waals surface area contributed by atoms with E-state index < -0.39 is 5.97 Å². The van der Waals surface area contributed by atoms with Crippen molar-refractivity contribution in [2.24, 2.45) is 5.92 Å². The van der Waals surface area contributed by atoms with Gasteiger partial charge in [0, 0.05) is 4.47 Å². The average molecular weight is 388 g/mol. The van der Waals surface area contributed by atoms with Gasteiger partial charge < -0.3 is 5.11 Å². The van der Waals surface area contributed by atoms with Crippen molar-refractivity contribution in [2.45, 2.75) is 25.8 Å². The van der Waals surface area contributed by atoms with Gasteiger partial charge >= 0.3 is 5.97 Å². The summed E-state index contributed by atoms with van der Waals surface area (Å²) in [6, 6.07) is 16.9. The molecule has 126 valence electrons. The molecule has 2 aromatic carbocycles. The molecule has 3 nitrogen and oxygen atoms in total. The van der Waals surface area contributed by atoms with E-state index in [1.165, 1.54) is 16.7 Å². The maximum atomic E-state index is 11.3. The maximum Gasteiger partial charge on any atom is 0.306 e. The fourth-order valence-electron chi connectivity index (χ4n) is 3.56. The maximum absolute atomic E-state index is 11.3. The first-order chi connectivity index (χ1) is 11.6. The summed E-state index contributed by atoms with van der Waals surface area (Å²) in [7, 11) is 0. The Balaban J connectivity index is 1.97. The van der Waals surface area contributed by atoms with Crippen molar-refractivity contribution in [3.8, 4) is 0 Å². The molecule has 1 N–H and O–H groups in total.